The summed E-state index contributed by atoms with van der Waals surface area (Å²) >= 11 is 8.38. The van der Waals surface area contributed by atoms with Crippen molar-refractivity contribution in [1.29, 1.82) is 0 Å². The van der Waals surface area contributed by atoms with Crippen LogP contribution in [0.25, 0.3) is 0 Å². The van der Waals surface area contributed by atoms with Crippen LogP contribution in [0.15, 0.2) is 24.3 Å². The van der Waals surface area contributed by atoms with Crippen LogP contribution in [0.4, 0.5) is 0 Å². The maximum atomic E-state index is 6.04. The Morgan fingerprint density at radius 1 is 1.18 bits per heavy atom. The van der Waals surface area contributed by atoms with E-state index in [2.05, 4.69) is 52.2 Å². The molecule has 1 nitrogen and oxygen atoms in total. The van der Waals surface area contributed by atoms with Gasteiger partial charge in [0.05, 0.1) is 0 Å². The molecule has 0 aromatic heterocycles. The van der Waals surface area contributed by atoms with E-state index >= 15 is 0 Å². The molecule has 0 bridgehead atoms. The highest BCUT2D eigenvalue weighted by Crippen LogP contribution is 2.25. The lowest BCUT2D eigenvalue weighted by Crippen LogP contribution is -2.38. The van der Waals surface area contributed by atoms with Crippen LogP contribution in [0, 0.1) is 9.49 Å². The third-order valence-electron chi connectivity index (χ3n) is 3.59. The summed E-state index contributed by atoms with van der Waals surface area (Å²) < 4.78 is 1.29. The molecule has 0 aliphatic heterocycles. The molecule has 1 aliphatic rings. The maximum absolute atomic E-state index is 6.04. The Kier molecular flexibility index (Phi) is 5.57. The van der Waals surface area contributed by atoms with Crippen molar-refractivity contribution >= 4 is 34.2 Å². The SMILES string of the molecule is ClCC1CCCCC1NCc1ccc(I)cc1. The minimum atomic E-state index is 0.612. The quantitative estimate of drug-likeness (QED) is 0.625. The Bertz CT molecular complexity index is 339. The van der Waals surface area contributed by atoms with E-state index in [0.29, 0.717) is 12.0 Å². The van der Waals surface area contributed by atoms with Crippen molar-refractivity contribution in [2.45, 2.75) is 38.3 Å². The fraction of sp³-hybridized carbons (Fsp3) is 0.571. The molecule has 1 aromatic carbocycles. The lowest BCUT2D eigenvalue weighted by atomic mass is 9.85. The highest BCUT2D eigenvalue weighted by molar-refractivity contribution is 14.1. The minimum Gasteiger partial charge on any atom is -0.310 e. The molecule has 2 unspecified atom stereocenters. The lowest BCUT2D eigenvalue weighted by Gasteiger charge is -2.31. The summed E-state index contributed by atoms with van der Waals surface area (Å²) in [6, 6.07) is 9.34. The number of hydrogen-bond acceptors (Lipinski definition) is 1. The lowest BCUT2D eigenvalue weighted by molar-refractivity contribution is 0.282. The number of nitrogens with one attached hydrogen (secondary N) is 1. The van der Waals surface area contributed by atoms with Crippen molar-refractivity contribution in [2.24, 2.45) is 5.92 Å². The normalized spacial score (nSPS) is 24.8. The molecule has 0 radical (unpaired) electrons. The van der Waals surface area contributed by atoms with Crippen LogP contribution < -0.4 is 5.32 Å². The second-order valence-electron chi connectivity index (χ2n) is 4.81. The zero-order valence-corrected chi connectivity index (χ0v) is 12.9. The molecule has 0 saturated heterocycles. The van der Waals surface area contributed by atoms with Gasteiger partial charge in [-0.05, 0) is 59.0 Å². The molecule has 1 saturated carbocycles. The van der Waals surface area contributed by atoms with E-state index in [-0.39, 0.29) is 0 Å². The van der Waals surface area contributed by atoms with Gasteiger partial charge in [-0.15, -0.1) is 11.6 Å². The summed E-state index contributed by atoms with van der Waals surface area (Å²) in [6.07, 6.45) is 5.26. The van der Waals surface area contributed by atoms with Crippen molar-refractivity contribution < 1.29 is 0 Å². The molecule has 1 N–H and O–H groups in total. The molecule has 17 heavy (non-hydrogen) atoms. The highest BCUT2D eigenvalue weighted by Gasteiger charge is 2.23. The predicted octanol–water partition coefficient (Wildman–Crippen LogP) is 4.18. The van der Waals surface area contributed by atoms with Gasteiger partial charge in [-0.25, -0.2) is 0 Å². The zero-order chi connectivity index (χ0) is 12.1. The fourth-order valence-electron chi connectivity index (χ4n) is 2.51. The van der Waals surface area contributed by atoms with Crippen LogP contribution in [0.2, 0.25) is 0 Å². The zero-order valence-electron chi connectivity index (χ0n) is 9.96. The van der Waals surface area contributed by atoms with Gasteiger partial charge in [-0.1, -0.05) is 25.0 Å². The first-order valence-electron chi connectivity index (χ1n) is 6.33. The van der Waals surface area contributed by atoms with Crippen LogP contribution in [0.3, 0.4) is 0 Å². The van der Waals surface area contributed by atoms with Gasteiger partial charge in [-0.2, -0.15) is 0 Å². The Morgan fingerprint density at radius 2 is 1.88 bits per heavy atom. The summed E-state index contributed by atoms with van der Waals surface area (Å²) in [4.78, 5) is 0. The summed E-state index contributed by atoms with van der Waals surface area (Å²) in [5.41, 5.74) is 1.37. The molecule has 1 fully saturated rings. The van der Waals surface area contributed by atoms with Gasteiger partial charge in [0.15, 0.2) is 0 Å². The summed E-state index contributed by atoms with van der Waals surface area (Å²) in [7, 11) is 0. The molecule has 1 aromatic rings. The van der Waals surface area contributed by atoms with Crippen LogP contribution in [-0.4, -0.2) is 11.9 Å². The molecule has 0 heterocycles. The van der Waals surface area contributed by atoms with Gasteiger partial charge in [0.25, 0.3) is 0 Å². The van der Waals surface area contributed by atoms with Gasteiger partial charge in [0.2, 0.25) is 0 Å². The van der Waals surface area contributed by atoms with Gasteiger partial charge < -0.3 is 5.32 Å². The molecule has 0 spiro atoms. The van der Waals surface area contributed by atoms with Crippen LogP contribution in [0.5, 0.6) is 0 Å². The van der Waals surface area contributed by atoms with E-state index in [0.717, 1.165) is 12.4 Å². The third-order valence-corrected chi connectivity index (χ3v) is 4.70. The van der Waals surface area contributed by atoms with E-state index < -0.39 is 0 Å². The van der Waals surface area contributed by atoms with Gasteiger partial charge in [0, 0.05) is 22.0 Å². The van der Waals surface area contributed by atoms with E-state index in [1.165, 1.54) is 34.8 Å². The predicted molar refractivity (Wildman–Crippen MR) is 82.5 cm³/mol. The molecule has 2 rings (SSSR count). The number of hydrogen-bond donors (Lipinski definition) is 1. The summed E-state index contributed by atoms with van der Waals surface area (Å²) in [5.74, 6) is 1.46. The van der Waals surface area contributed by atoms with Gasteiger partial charge >= 0.3 is 0 Å². The second kappa shape index (κ2) is 6.95. The third kappa shape index (κ3) is 4.11. The Hall–Kier alpha value is 0.200. The minimum absolute atomic E-state index is 0.612. The molecule has 94 valence electrons. The highest BCUT2D eigenvalue weighted by atomic mass is 127. The average molecular weight is 364 g/mol. The largest absolute Gasteiger partial charge is 0.310 e. The molecule has 3 heteroatoms. The first-order valence-corrected chi connectivity index (χ1v) is 7.94. The van der Waals surface area contributed by atoms with Gasteiger partial charge in [0.1, 0.15) is 0 Å². The molecule has 0 amide bonds. The standard InChI is InChI=1S/C14H19ClIN/c15-9-12-3-1-2-4-14(12)17-10-11-5-7-13(16)8-6-11/h5-8,12,14,17H,1-4,9-10H2. The maximum Gasteiger partial charge on any atom is 0.0266 e. The Morgan fingerprint density at radius 3 is 2.59 bits per heavy atom. The number of halogens is 2. The number of alkyl halides is 1. The van der Waals surface area contributed by atoms with Crippen molar-refractivity contribution in [1.82, 2.24) is 5.32 Å². The van der Waals surface area contributed by atoms with Crippen molar-refractivity contribution in [3.05, 3.63) is 33.4 Å². The van der Waals surface area contributed by atoms with Crippen LogP contribution in [0.1, 0.15) is 31.2 Å². The summed E-state index contributed by atoms with van der Waals surface area (Å²) in [5, 5.41) is 3.67. The number of benzene rings is 1. The van der Waals surface area contributed by atoms with Gasteiger partial charge in [-0.3, -0.25) is 0 Å². The van der Waals surface area contributed by atoms with Crippen molar-refractivity contribution in [3.63, 3.8) is 0 Å². The second-order valence-corrected chi connectivity index (χ2v) is 6.37. The molecular formula is C14H19ClIN. The summed E-state index contributed by atoms with van der Waals surface area (Å²) in [6.45, 7) is 0.967. The molecule has 1 aliphatic carbocycles. The van der Waals surface area contributed by atoms with Crippen LogP contribution >= 0.6 is 34.2 Å². The monoisotopic (exact) mass is 363 g/mol. The van der Waals surface area contributed by atoms with Crippen molar-refractivity contribution in [2.75, 3.05) is 5.88 Å². The van der Waals surface area contributed by atoms with E-state index in [1.54, 1.807) is 0 Å². The number of rotatable bonds is 4. The first kappa shape index (κ1) is 13.6. The fourth-order valence-corrected chi connectivity index (χ4v) is 3.24. The smallest absolute Gasteiger partial charge is 0.0266 e. The van der Waals surface area contributed by atoms with E-state index in [9.17, 15) is 0 Å². The topological polar surface area (TPSA) is 12.0 Å². The first-order chi connectivity index (χ1) is 8.29. The molecule has 2 atom stereocenters. The van der Waals surface area contributed by atoms with E-state index in [4.69, 9.17) is 11.6 Å². The van der Waals surface area contributed by atoms with E-state index in [1.807, 2.05) is 0 Å². The average Bonchev–Trinajstić information content (AvgIpc) is 2.38. The van der Waals surface area contributed by atoms with Crippen LogP contribution in [-0.2, 0) is 6.54 Å². The molecular weight excluding hydrogens is 345 g/mol. The Labute approximate surface area is 122 Å². The Balaban J connectivity index is 1.86. The van der Waals surface area contributed by atoms with Crippen molar-refractivity contribution in [3.8, 4) is 0 Å².